The van der Waals surface area contributed by atoms with Crippen LogP contribution in [-0.4, -0.2) is 45.9 Å². The van der Waals surface area contributed by atoms with E-state index in [0.717, 1.165) is 0 Å². The summed E-state index contributed by atoms with van der Waals surface area (Å²) in [7, 11) is -0.775. The Labute approximate surface area is 125 Å². The van der Waals surface area contributed by atoms with Crippen molar-refractivity contribution in [2.45, 2.75) is 31.4 Å². The second-order valence-electron chi connectivity index (χ2n) is 5.25. The number of nitrogens with zero attached hydrogens (tertiary/aromatic N) is 1. The Hall–Kier alpha value is -1.38. The summed E-state index contributed by atoms with van der Waals surface area (Å²) in [6, 6.07) is 2.62. The molecule has 0 aliphatic heterocycles. The van der Waals surface area contributed by atoms with Crippen LogP contribution in [0.3, 0.4) is 0 Å². The first kappa shape index (κ1) is 17.7. The molecule has 1 unspecified atom stereocenters. The van der Waals surface area contributed by atoms with Crippen LogP contribution in [0.5, 0.6) is 0 Å². The fraction of sp³-hybridized carbons (Fsp3) is 0.615. The van der Waals surface area contributed by atoms with Crippen LogP contribution in [0.15, 0.2) is 21.6 Å². The molecule has 1 rings (SSSR count). The van der Waals surface area contributed by atoms with Crippen LogP contribution in [0.2, 0.25) is 0 Å². The Morgan fingerprint density at radius 2 is 2.05 bits per heavy atom. The van der Waals surface area contributed by atoms with Crippen LogP contribution in [0.25, 0.3) is 0 Å². The molecule has 1 aromatic rings. The Morgan fingerprint density at radius 3 is 2.57 bits per heavy atom. The number of nitrogens with two attached hydrogens (primary N) is 1. The van der Waals surface area contributed by atoms with Crippen molar-refractivity contribution in [3.05, 3.63) is 17.9 Å². The molecule has 0 bridgehead atoms. The van der Waals surface area contributed by atoms with Gasteiger partial charge in [-0.05, 0) is 31.5 Å². The van der Waals surface area contributed by atoms with Crippen molar-refractivity contribution in [2.24, 2.45) is 11.7 Å². The van der Waals surface area contributed by atoms with Crippen LogP contribution in [-0.2, 0) is 10.0 Å². The van der Waals surface area contributed by atoms with E-state index in [4.69, 9.17) is 10.2 Å². The first-order valence-corrected chi connectivity index (χ1v) is 8.21. The maximum absolute atomic E-state index is 12.1. The highest BCUT2D eigenvalue weighted by Crippen LogP contribution is 2.15. The van der Waals surface area contributed by atoms with Gasteiger partial charge >= 0.3 is 0 Å². The molecular weight excluding hydrogens is 294 g/mol. The molecule has 0 spiro atoms. The van der Waals surface area contributed by atoms with E-state index >= 15 is 0 Å². The van der Waals surface area contributed by atoms with Gasteiger partial charge < -0.3 is 15.1 Å². The summed E-state index contributed by atoms with van der Waals surface area (Å²) < 4.78 is 30.3. The number of sulfonamides is 1. The van der Waals surface area contributed by atoms with Gasteiger partial charge in [0.05, 0.1) is 0 Å². The standard InChI is InChI=1S/C13H23N3O4S/c1-9(2)10(14)7-8-16(4)13(17)11-5-6-12(20-11)21(18,19)15-3/h5-6,9-10,15H,7-8,14H2,1-4H3. The molecule has 1 heterocycles. The van der Waals surface area contributed by atoms with Crippen LogP contribution in [0.4, 0.5) is 0 Å². The molecule has 1 amide bonds. The SMILES string of the molecule is CNS(=O)(=O)c1ccc(C(=O)N(C)CCC(N)C(C)C)o1. The normalized spacial score (nSPS) is 13.4. The molecule has 0 radical (unpaired) electrons. The number of hydrogen-bond donors (Lipinski definition) is 2. The highest BCUT2D eigenvalue weighted by molar-refractivity contribution is 7.89. The summed E-state index contributed by atoms with van der Waals surface area (Å²) in [6.07, 6.45) is 0.669. The number of amides is 1. The molecular formula is C13H23N3O4S. The maximum atomic E-state index is 12.1. The number of rotatable bonds is 7. The van der Waals surface area contributed by atoms with Gasteiger partial charge in [-0.25, -0.2) is 13.1 Å². The van der Waals surface area contributed by atoms with Crippen LogP contribution < -0.4 is 10.5 Å². The molecule has 120 valence electrons. The van der Waals surface area contributed by atoms with E-state index < -0.39 is 10.0 Å². The first-order chi connectivity index (χ1) is 9.69. The number of furan rings is 1. The lowest BCUT2D eigenvalue weighted by Gasteiger charge is -2.20. The van der Waals surface area contributed by atoms with E-state index in [2.05, 4.69) is 4.72 Å². The molecule has 1 aromatic heterocycles. The van der Waals surface area contributed by atoms with Gasteiger partial charge in [0.25, 0.3) is 15.9 Å². The average Bonchev–Trinajstić information content (AvgIpc) is 2.93. The fourth-order valence-electron chi connectivity index (χ4n) is 1.65. The van der Waals surface area contributed by atoms with E-state index in [9.17, 15) is 13.2 Å². The third kappa shape index (κ3) is 4.55. The Kier molecular flexibility index (Phi) is 5.94. The summed E-state index contributed by atoms with van der Waals surface area (Å²) in [5.41, 5.74) is 5.93. The topological polar surface area (TPSA) is 106 Å². The monoisotopic (exact) mass is 317 g/mol. The second kappa shape index (κ2) is 7.06. The van der Waals surface area contributed by atoms with Gasteiger partial charge in [0.1, 0.15) is 0 Å². The minimum atomic E-state index is -3.68. The minimum Gasteiger partial charge on any atom is -0.438 e. The molecule has 0 aliphatic rings. The van der Waals surface area contributed by atoms with Crippen molar-refractivity contribution in [3.63, 3.8) is 0 Å². The Balaban J connectivity index is 2.71. The van der Waals surface area contributed by atoms with Gasteiger partial charge in [-0.3, -0.25) is 4.79 Å². The van der Waals surface area contributed by atoms with Crippen molar-refractivity contribution in [1.82, 2.24) is 9.62 Å². The molecule has 0 fully saturated rings. The summed E-state index contributed by atoms with van der Waals surface area (Å²) in [6.45, 7) is 4.52. The molecule has 0 aromatic carbocycles. The van der Waals surface area contributed by atoms with E-state index in [1.165, 1.54) is 24.1 Å². The zero-order valence-corrected chi connectivity index (χ0v) is 13.6. The van der Waals surface area contributed by atoms with Crippen molar-refractivity contribution in [3.8, 4) is 0 Å². The molecule has 0 aliphatic carbocycles. The predicted octanol–water partition coefficient (Wildman–Crippen LogP) is 0.633. The third-order valence-electron chi connectivity index (χ3n) is 3.33. The number of nitrogens with one attached hydrogen (secondary N) is 1. The van der Waals surface area contributed by atoms with Crippen molar-refractivity contribution < 1.29 is 17.6 Å². The largest absolute Gasteiger partial charge is 0.438 e. The maximum Gasteiger partial charge on any atom is 0.289 e. The minimum absolute atomic E-state index is 0.00977. The molecule has 0 saturated heterocycles. The Morgan fingerprint density at radius 1 is 1.43 bits per heavy atom. The average molecular weight is 317 g/mol. The summed E-state index contributed by atoms with van der Waals surface area (Å²) in [5, 5.41) is -0.277. The van der Waals surface area contributed by atoms with Gasteiger partial charge in [-0.15, -0.1) is 0 Å². The van der Waals surface area contributed by atoms with Crippen molar-refractivity contribution in [1.29, 1.82) is 0 Å². The summed E-state index contributed by atoms with van der Waals surface area (Å²) >= 11 is 0. The Bertz CT molecular complexity index is 580. The molecule has 1 atom stereocenters. The van der Waals surface area contributed by atoms with Crippen LogP contribution in [0, 0.1) is 5.92 Å². The lowest BCUT2D eigenvalue weighted by molar-refractivity contribution is 0.0752. The fourth-order valence-corrected chi connectivity index (χ4v) is 2.29. The number of carbonyl (C=O) groups is 1. The lowest BCUT2D eigenvalue weighted by atomic mass is 10.0. The lowest BCUT2D eigenvalue weighted by Crippen LogP contribution is -2.34. The van der Waals surface area contributed by atoms with E-state index in [0.29, 0.717) is 18.9 Å². The van der Waals surface area contributed by atoms with Gasteiger partial charge in [0, 0.05) is 19.6 Å². The van der Waals surface area contributed by atoms with Gasteiger partial charge in [0.2, 0.25) is 5.09 Å². The zero-order chi connectivity index (χ0) is 16.2. The van der Waals surface area contributed by atoms with E-state index in [1.807, 2.05) is 13.8 Å². The van der Waals surface area contributed by atoms with Gasteiger partial charge in [0.15, 0.2) is 5.76 Å². The highest BCUT2D eigenvalue weighted by Gasteiger charge is 2.22. The quantitative estimate of drug-likeness (QED) is 0.767. The van der Waals surface area contributed by atoms with Gasteiger partial charge in [-0.1, -0.05) is 13.8 Å². The first-order valence-electron chi connectivity index (χ1n) is 6.73. The summed E-state index contributed by atoms with van der Waals surface area (Å²) in [4.78, 5) is 13.6. The molecule has 21 heavy (non-hydrogen) atoms. The van der Waals surface area contributed by atoms with Crippen molar-refractivity contribution >= 4 is 15.9 Å². The molecule has 0 saturated carbocycles. The molecule has 7 nitrogen and oxygen atoms in total. The number of hydrogen-bond acceptors (Lipinski definition) is 5. The molecule has 3 N–H and O–H groups in total. The van der Waals surface area contributed by atoms with E-state index in [-0.39, 0.29) is 22.8 Å². The second-order valence-corrected chi connectivity index (χ2v) is 7.07. The smallest absolute Gasteiger partial charge is 0.289 e. The zero-order valence-electron chi connectivity index (χ0n) is 12.8. The van der Waals surface area contributed by atoms with Crippen LogP contribution >= 0.6 is 0 Å². The predicted molar refractivity (Wildman–Crippen MR) is 79.3 cm³/mol. The number of carbonyl (C=O) groups excluding carboxylic acids is 1. The van der Waals surface area contributed by atoms with Crippen molar-refractivity contribution in [2.75, 3.05) is 20.6 Å². The van der Waals surface area contributed by atoms with Crippen LogP contribution in [0.1, 0.15) is 30.8 Å². The van der Waals surface area contributed by atoms with Gasteiger partial charge in [-0.2, -0.15) is 0 Å². The third-order valence-corrected chi connectivity index (χ3v) is 4.61. The molecule has 8 heteroatoms. The van der Waals surface area contributed by atoms with E-state index in [1.54, 1.807) is 7.05 Å². The summed E-state index contributed by atoms with van der Waals surface area (Å²) in [5.74, 6) is -0.0440. The highest BCUT2D eigenvalue weighted by atomic mass is 32.2.